The van der Waals surface area contributed by atoms with Crippen molar-refractivity contribution in [1.29, 1.82) is 0 Å². The summed E-state index contributed by atoms with van der Waals surface area (Å²) in [7, 11) is 0. The fraction of sp³-hybridized carbons (Fsp3) is 0.533. The van der Waals surface area contributed by atoms with E-state index in [-0.39, 0.29) is 5.97 Å². The van der Waals surface area contributed by atoms with Crippen LogP contribution in [0.4, 0.5) is 0 Å². The molecule has 0 aliphatic carbocycles. The molecular formula is C15H22O2. The first-order valence-corrected chi connectivity index (χ1v) is 6.35. The fourth-order valence-corrected chi connectivity index (χ4v) is 1.94. The minimum atomic E-state index is -0.0758. The van der Waals surface area contributed by atoms with Crippen molar-refractivity contribution in [2.45, 2.75) is 46.5 Å². The third-order valence-corrected chi connectivity index (χ3v) is 2.88. The predicted molar refractivity (Wildman–Crippen MR) is 70.1 cm³/mol. The van der Waals surface area contributed by atoms with E-state index in [0.717, 1.165) is 19.3 Å². The molecule has 0 radical (unpaired) electrons. The smallest absolute Gasteiger partial charge is 0.305 e. The van der Waals surface area contributed by atoms with Crippen LogP contribution in [-0.4, -0.2) is 12.6 Å². The Hall–Kier alpha value is -1.31. The second-order valence-corrected chi connectivity index (χ2v) is 4.44. The van der Waals surface area contributed by atoms with Gasteiger partial charge in [0.2, 0.25) is 0 Å². The molecule has 17 heavy (non-hydrogen) atoms. The molecule has 0 atom stereocenters. The number of hydrogen-bond donors (Lipinski definition) is 0. The number of ether oxygens (including phenoxy) is 1. The second-order valence-electron chi connectivity index (χ2n) is 4.44. The zero-order valence-electron chi connectivity index (χ0n) is 11.1. The molecule has 0 unspecified atom stereocenters. The van der Waals surface area contributed by atoms with Gasteiger partial charge in [-0.25, -0.2) is 0 Å². The summed E-state index contributed by atoms with van der Waals surface area (Å²) in [5, 5.41) is 0. The molecule has 94 valence electrons. The maximum atomic E-state index is 11.1. The highest BCUT2D eigenvalue weighted by molar-refractivity contribution is 5.69. The summed E-state index contributed by atoms with van der Waals surface area (Å²) >= 11 is 0. The van der Waals surface area contributed by atoms with Crippen LogP contribution in [0, 0.1) is 13.8 Å². The summed E-state index contributed by atoms with van der Waals surface area (Å²) < 4.78 is 4.89. The minimum absolute atomic E-state index is 0.0758. The van der Waals surface area contributed by atoms with Crippen molar-refractivity contribution in [3.05, 3.63) is 34.9 Å². The van der Waals surface area contributed by atoms with Gasteiger partial charge in [0.25, 0.3) is 0 Å². The van der Waals surface area contributed by atoms with Gasteiger partial charge in [-0.1, -0.05) is 23.8 Å². The molecule has 0 saturated carbocycles. The molecule has 0 N–H and O–H groups in total. The highest BCUT2D eigenvalue weighted by Gasteiger charge is 2.02. The van der Waals surface area contributed by atoms with Crippen LogP contribution >= 0.6 is 0 Å². The first-order chi connectivity index (χ1) is 8.13. The van der Waals surface area contributed by atoms with Gasteiger partial charge in [-0.2, -0.15) is 0 Å². The minimum Gasteiger partial charge on any atom is -0.466 e. The van der Waals surface area contributed by atoms with Crippen LogP contribution in [0.25, 0.3) is 0 Å². The van der Waals surface area contributed by atoms with Gasteiger partial charge in [0, 0.05) is 6.42 Å². The molecule has 0 amide bonds. The molecule has 0 fully saturated rings. The van der Waals surface area contributed by atoms with Crippen LogP contribution in [0.15, 0.2) is 18.2 Å². The largest absolute Gasteiger partial charge is 0.466 e. The second kappa shape index (κ2) is 7.10. The third kappa shape index (κ3) is 5.03. The third-order valence-electron chi connectivity index (χ3n) is 2.88. The predicted octanol–water partition coefficient (Wildman–Crippen LogP) is 3.58. The molecule has 1 aromatic carbocycles. The highest BCUT2D eigenvalue weighted by atomic mass is 16.5. The monoisotopic (exact) mass is 234 g/mol. The number of unbranched alkanes of at least 4 members (excludes halogenated alkanes) is 1. The van der Waals surface area contributed by atoms with Crippen molar-refractivity contribution in [2.24, 2.45) is 0 Å². The lowest BCUT2D eigenvalue weighted by Gasteiger charge is -2.06. The molecule has 0 aliphatic heterocycles. The Morgan fingerprint density at radius 1 is 1.24 bits per heavy atom. The number of benzene rings is 1. The number of esters is 1. The zero-order chi connectivity index (χ0) is 12.7. The molecule has 0 bridgehead atoms. The average Bonchev–Trinajstić information content (AvgIpc) is 2.27. The first-order valence-electron chi connectivity index (χ1n) is 6.35. The number of rotatable bonds is 6. The lowest BCUT2D eigenvalue weighted by molar-refractivity contribution is -0.143. The van der Waals surface area contributed by atoms with E-state index in [0.29, 0.717) is 13.0 Å². The van der Waals surface area contributed by atoms with Crippen molar-refractivity contribution in [2.75, 3.05) is 6.61 Å². The summed E-state index contributed by atoms with van der Waals surface area (Å²) in [5.74, 6) is -0.0758. The van der Waals surface area contributed by atoms with Gasteiger partial charge in [-0.05, 0) is 51.2 Å². The quantitative estimate of drug-likeness (QED) is 0.555. The van der Waals surface area contributed by atoms with E-state index in [1.54, 1.807) is 0 Å². The molecule has 1 aromatic rings. The van der Waals surface area contributed by atoms with Gasteiger partial charge >= 0.3 is 5.97 Å². The molecule has 1 rings (SSSR count). The molecule has 2 nitrogen and oxygen atoms in total. The Kier molecular flexibility index (Phi) is 5.75. The Bertz CT molecular complexity index is 369. The van der Waals surface area contributed by atoms with Crippen LogP contribution < -0.4 is 0 Å². The maximum absolute atomic E-state index is 11.1. The van der Waals surface area contributed by atoms with Crippen molar-refractivity contribution in [3.63, 3.8) is 0 Å². The SMILES string of the molecule is CCOC(=O)CCCCc1ccc(C)cc1C. The topological polar surface area (TPSA) is 26.3 Å². The Morgan fingerprint density at radius 2 is 2.00 bits per heavy atom. The van der Waals surface area contributed by atoms with Crippen molar-refractivity contribution in [3.8, 4) is 0 Å². The number of carbonyl (C=O) groups is 1. The van der Waals surface area contributed by atoms with Gasteiger partial charge in [0.1, 0.15) is 0 Å². The van der Waals surface area contributed by atoms with Gasteiger partial charge in [0.15, 0.2) is 0 Å². The van der Waals surface area contributed by atoms with E-state index < -0.39 is 0 Å². The van der Waals surface area contributed by atoms with E-state index in [1.807, 2.05) is 6.92 Å². The summed E-state index contributed by atoms with van der Waals surface area (Å²) in [4.78, 5) is 11.1. The molecular weight excluding hydrogens is 212 g/mol. The van der Waals surface area contributed by atoms with E-state index in [1.165, 1.54) is 16.7 Å². The Balaban J connectivity index is 2.29. The van der Waals surface area contributed by atoms with Gasteiger partial charge < -0.3 is 4.74 Å². The lowest BCUT2D eigenvalue weighted by atomic mass is 10.0. The standard InChI is InChI=1S/C15H22O2/c1-4-17-15(16)8-6-5-7-14-10-9-12(2)11-13(14)3/h9-11H,4-8H2,1-3H3. The molecule has 0 heterocycles. The average molecular weight is 234 g/mol. The Labute approximate surface area is 104 Å². The molecule has 2 heteroatoms. The van der Waals surface area contributed by atoms with Crippen molar-refractivity contribution in [1.82, 2.24) is 0 Å². The molecule has 0 saturated heterocycles. The van der Waals surface area contributed by atoms with Crippen molar-refractivity contribution < 1.29 is 9.53 Å². The van der Waals surface area contributed by atoms with Gasteiger partial charge in [-0.15, -0.1) is 0 Å². The number of carbonyl (C=O) groups excluding carboxylic acids is 1. The highest BCUT2D eigenvalue weighted by Crippen LogP contribution is 2.14. The van der Waals surface area contributed by atoms with Crippen LogP contribution in [-0.2, 0) is 16.0 Å². The van der Waals surface area contributed by atoms with Gasteiger partial charge in [-0.3, -0.25) is 4.79 Å². The van der Waals surface area contributed by atoms with Crippen LogP contribution in [0.3, 0.4) is 0 Å². The zero-order valence-corrected chi connectivity index (χ0v) is 11.1. The number of aryl methyl sites for hydroxylation is 3. The first kappa shape index (κ1) is 13.8. The normalized spacial score (nSPS) is 10.3. The summed E-state index contributed by atoms with van der Waals surface area (Å²) in [6, 6.07) is 6.55. The van der Waals surface area contributed by atoms with Gasteiger partial charge in [0.05, 0.1) is 6.61 Å². The van der Waals surface area contributed by atoms with E-state index in [4.69, 9.17) is 4.74 Å². The molecule has 0 spiro atoms. The molecule has 0 aliphatic rings. The van der Waals surface area contributed by atoms with Crippen LogP contribution in [0.1, 0.15) is 42.9 Å². The van der Waals surface area contributed by atoms with E-state index in [9.17, 15) is 4.79 Å². The van der Waals surface area contributed by atoms with Crippen LogP contribution in [0.2, 0.25) is 0 Å². The van der Waals surface area contributed by atoms with Crippen molar-refractivity contribution >= 4 is 5.97 Å². The summed E-state index contributed by atoms with van der Waals surface area (Å²) in [6.45, 7) is 6.58. The van der Waals surface area contributed by atoms with Crippen LogP contribution in [0.5, 0.6) is 0 Å². The molecule has 0 aromatic heterocycles. The number of hydrogen-bond acceptors (Lipinski definition) is 2. The maximum Gasteiger partial charge on any atom is 0.305 e. The lowest BCUT2D eigenvalue weighted by Crippen LogP contribution is -2.03. The summed E-state index contributed by atoms with van der Waals surface area (Å²) in [6.07, 6.45) is 3.54. The fourth-order valence-electron chi connectivity index (χ4n) is 1.94. The Morgan fingerprint density at radius 3 is 2.65 bits per heavy atom. The van der Waals surface area contributed by atoms with E-state index >= 15 is 0 Å². The van der Waals surface area contributed by atoms with E-state index in [2.05, 4.69) is 32.0 Å². The summed E-state index contributed by atoms with van der Waals surface area (Å²) in [5.41, 5.74) is 4.04.